The van der Waals surface area contributed by atoms with Gasteiger partial charge >= 0.3 is 0 Å². The molecule has 136 valence electrons. The summed E-state index contributed by atoms with van der Waals surface area (Å²) in [6.07, 6.45) is 1.73. The van der Waals surface area contributed by atoms with Gasteiger partial charge in [0.25, 0.3) is 5.91 Å². The maximum atomic E-state index is 12.6. The summed E-state index contributed by atoms with van der Waals surface area (Å²) in [4.78, 5) is 23.2. The molecule has 27 heavy (non-hydrogen) atoms. The molecule has 5 nitrogen and oxygen atoms in total. The Bertz CT molecular complexity index is 1010. The molecule has 0 atom stereocenters. The molecule has 0 aliphatic heterocycles. The number of nitriles is 1. The van der Waals surface area contributed by atoms with Crippen molar-refractivity contribution in [2.45, 2.75) is 26.3 Å². The Morgan fingerprint density at radius 3 is 2.56 bits per heavy atom. The maximum absolute atomic E-state index is 12.6. The molecule has 6 heteroatoms. The first-order chi connectivity index (χ1) is 12.8. The number of pyridine rings is 1. The van der Waals surface area contributed by atoms with E-state index in [9.17, 15) is 10.1 Å². The minimum absolute atomic E-state index is 0.107. The van der Waals surface area contributed by atoms with Gasteiger partial charge in [-0.25, -0.2) is 4.98 Å². The highest BCUT2D eigenvalue weighted by Crippen LogP contribution is 2.27. The molecule has 0 aliphatic carbocycles. The quantitative estimate of drug-likeness (QED) is 0.669. The fourth-order valence-electron chi connectivity index (χ4n) is 2.48. The van der Waals surface area contributed by atoms with Gasteiger partial charge in [0.1, 0.15) is 10.7 Å². The average Bonchev–Trinajstić information content (AvgIpc) is 3.16. The molecule has 2 heterocycles. The first-order valence-corrected chi connectivity index (χ1v) is 9.39. The molecule has 1 aromatic carbocycles. The van der Waals surface area contributed by atoms with Gasteiger partial charge in [0.05, 0.1) is 17.3 Å². The van der Waals surface area contributed by atoms with E-state index >= 15 is 0 Å². The summed E-state index contributed by atoms with van der Waals surface area (Å²) in [7, 11) is 1.78. The Labute approximate surface area is 162 Å². The Morgan fingerprint density at radius 2 is 1.93 bits per heavy atom. The van der Waals surface area contributed by atoms with E-state index in [-0.39, 0.29) is 11.4 Å². The molecule has 0 saturated carbocycles. The fraction of sp³-hybridized carbons (Fsp3) is 0.238. The SMILES string of the molecule is CN(C(=O)c1csc(-c2ccc(-c3ccccc3C#N)cn2)n1)C(C)(C)C. The summed E-state index contributed by atoms with van der Waals surface area (Å²) in [5.41, 5.74) is 3.19. The van der Waals surface area contributed by atoms with E-state index in [1.807, 2.05) is 51.1 Å². The van der Waals surface area contributed by atoms with Gasteiger partial charge in [-0.1, -0.05) is 24.3 Å². The summed E-state index contributed by atoms with van der Waals surface area (Å²) < 4.78 is 0. The maximum Gasteiger partial charge on any atom is 0.273 e. The van der Waals surface area contributed by atoms with E-state index in [0.717, 1.165) is 11.1 Å². The number of hydrogen-bond donors (Lipinski definition) is 0. The second kappa shape index (κ2) is 7.29. The number of hydrogen-bond acceptors (Lipinski definition) is 5. The number of aromatic nitrogens is 2. The molecule has 1 amide bonds. The van der Waals surface area contributed by atoms with E-state index in [2.05, 4.69) is 16.0 Å². The minimum atomic E-state index is -0.269. The Morgan fingerprint density at radius 1 is 1.19 bits per heavy atom. The third-order valence-corrected chi connectivity index (χ3v) is 5.24. The summed E-state index contributed by atoms with van der Waals surface area (Å²) in [6, 6.07) is 13.4. The third kappa shape index (κ3) is 3.88. The van der Waals surface area contributed by atoms with Crippen LogP contribution < -0.4 is 0 Å². The lowest BCUT2D eigenvalue weighted by molar-refractivity contribution is 0.0650. The van der Waals surface area contributed by atoms with Gasteiger partial charge in [-0.15, -0.1) is 11.3 Å². The predicted molar refractivity (Wildman–Crippen MR) is 107 cm³/mol. The molecule has 0 saturated heterocycles. The summed E-state index contributed by atoms with van der Waals surface area (Å²) in [5.74, 6) is -0.107. The molecule has 0 spiro atoms. The number of carbonyl (C=O) groups excluding carboxylic acids is 1. The largest absolute Gasteiger partial charge is 0.336 e. The molecule has 0 bridgehead atoms. The van der Waals surface area contributed by atoms with E-state index in [0.29, 0.717) is 22.0 Å². The number of thiazole rings is 1. The molecule has 0 radical (unpaired) electrons. The van der Waals surface area contributed by atoms with Gasteiger partial charge in [0.15, 0.2) is 0 Å². The van der Waals surface area contributed by atoms with Crippen molar-refractivity contribution in [1.29, 1.82) is 5.26 Å². The van der Waals surface area contributed by atoms with Crippen molar-refractivity contribution >= 4 is 17.2 Å². The number of amides is 1. The number of rotatable bonds is 3. The van der Waals surface area contributed by atoms with Gasteiger partial charge in [-0.05, 0) is 32.9 Å². The van der Waals surface area contributed by atoms with Crippen LogP contribution in [-0.2, 0) is 0 Å². The molecular formula is C21H20N4OS. The Hall–Kier alpha value is -3.04. The van der Waals surface area contributed by atoms with Crippen LogP contribution in [0.15, 0.2) is 48.0 Å². The first-order valence-electron chi connectivity index (χ1n) is 8.51. The molecule has 0 unspecified atom stereocenters. The lowest BCUT2D eigenvalue weighted by Gasteiger charge is -2.31. The van der Waals surface area contributed by atoms with Crippen LogP contribution in [0.25, 0.3) is 21.8 Å². The smallest absolute Gasteiger partial charge is 0.273 e. The Balaban J connectivity index is 1.86. The van der Waals surface area contributed by atoms with Gasteiger partial charge < -0.3 is 4.90 Å². The van der Waals surface area contributed by atoms with Crippen LogP contribution in [0.5, 0.6) is 0 Å². The topological polar surface area (TPSA) is 69.9 Å². The molecular weight excluding hydrogens is 356 g/mol. The van der Waals surface area contributed by atoms with Gasteiger partial charge in [-0.2, -0.15) is 5.26 Å². The summed E-state index contributed by atoms with van der Waals surface area (Å²) in [5, 5.41) is 11.7. The molecule has 0 N–H and O–H groups in total. The van der Waals surface area contributed by atoms with Crippen LogP contribution in [0, 0.1) is 11.3 Å². The number of carbonyl (C=O) groups is 1. The lowest BCUT2D eigenvalue weighted by atomic mass is 10.0. The van der Waals surface area contributed by atoms with E-state index in [4.69, 9.17) is 0 Å². The van der Waals surface area contributed by atoms with Crippen LogP contribution in [0.4, 0.5) is 0 Å². The van der Waals surface area contributed by atoms with Gasteiger partial charge in [-0.3, -0.25) is 9.78 Å². The zero-order valence-electron chi connectivity index (χ0n) is 15.7. The molecule has 0 aliphatic rings. The van der Waals surface area contributed by atoms with Crippen molar-refractivity contribution < 1.29 is 4.79 Å². The monoisotopic (exact) mass is 376 g/mol. The van der Waals surface area contributed by atoms with E-state index < -0.39 is 0 Å². The van der Waals surface area contributed by atoms with Crippen molar-refractivity contribution in [3.63, 3.8) is 0 Å². The van der Waals surface area contributed by atoms with Crippen LogP contribution in [0.2, 0.25) is 0 Å². The molecule has 3 aromatic rings. The van der Waals surface area contributed by atoms with Crippen LogP contribution in [0.1, 0.15) is 36.8 Å². The number of nitrogens with zero attached hydrogens (tertiary/aromatic N) is 4. The first kappa shape index (κ1) is 18.7. The Kier molecular flexibility index (Phi) is 5.06. The fourth-order valence-corrected chi connectivity index (χ4v) is 3.25. The van der Waals surface area contributed by atoms with Crippen LogP contribution >= 0.6 is 11.3 Å². The molecule has 3 rings (SSSR count). The van der Waals surface area contributed by atoms with Crippen molar-refractivity contribution in [2.75, 3.05) is 7.05 Å². The van der Waals surface area contributed by atoms with E-state index in [1.165, 1.54) is 11.3 Å². The second-order valence-electron chi connectivity index (χ2n) is 7.16. The highest BCUT2D eigenvalue weighted by molar-refractivity contribution is 7.13. The third-order valence-electron chi connectivity index (χ3n) is 4.38. The molecule has 0 fully saturated rings. The van der Waals surface area contributed by atoms with Crippen molar-refractivity contribution in [2.24, 2.45) is 0 Å². The predicted octanol–water partition coefficient (Wildman–Crippen LogP) is 4.61. The van der Waals surface area contributed by atoms with E-state index in [1.54, 1.807) is 29.6 Å². The average molecular weight is 376 g/mol. The molecule has 2 aromatic heterocycles. The van der Waals surface area contributed by atoms with Crippen LogP contribution in [0.3, 0.4) is 0 Å². The van der Waals surface area contributed by atoms with Crippen molar-refractivity contribution in [1.82, 2.24) is 14.9 Å². The highest BCUT2D eigenvalue weighted by atomic mass is 32.1. The zero-order valence-corrected chi connectivity index (χ0v) is 16.5. The van der Waals surface area contributed by atoms with Gasteiger partial charge in [0, 0.05) is 35.3 Å². The summed E-state index contributed by atoms with van der Waals surface area (Å²) in [6.45, 7) is 5.95. The summed E-state index contributed by atoms with van der Waals surface area (Å²) >= 11 is 1.39. The normalized spacial score (nSPS) is 11.1. The lowest BCUT2D eigenvalue weighted by Crippen LogP contribution is -2.42. The van der Waals surface area contributed by atoms with Crippen molar-refractivity contribution in [3.05, 3.63) is 59.2 Å². The highest BCUT2D eigenvalue weighted by Gasteiger charge is 2.25. The number of benzene rings is 1. The van der Waals surface area contributed by atoms with Crippen molar-refractivity contribution in [3.8, 4) is 27.9 Å². The zero-order chi connectivity index (χ0) is 19.6. The standard InChI is InChI=1S/C21H20N4OS/c1-21(2,3)25(4)20(26)18-13-27-19(24-18)17-10-9-15(12-23-17)16-8-6-5-7-14(16)11-22/h5-10,12-13H,1-4H3. The van der Waals surface area contributed by atoms with Gasteiger partial charge in [0.2, 0.25) is 0 Å². The second-order valence-corrected chi connectivity index (χ2v) is 8.02. The minimum Gasteiger partial charge on any atom is -0.336 e. The van der Waals surface area contributed by atoms with Crippen LogP contribution in [-0.4, -0.2) is 33.4 Å².